The van der Waals surface area contributed by atoms with Crippen molar-refractivity contribution in [2.45, 2.75) is 38.1 Å². The van der Waals surface area contributed by atoms with Gasteiger partial charge in [-0.25, -0.2) is 9.31 Å². The van der Waals surface area contributed by atoms with Gasteiger partial charge < -0.3 is 5.32 Å². The second-order valence-electron chi connectivity index (χ2n) is 6.31. The Morgan fingerprint density at radius 2 is 2.04 bits per heavy atom. The van der Waals surface area contributed by atoms with Crippen LogP contribution in [-0.4, -0.2) is 26.7 Å². The molecule has 0 aliphatic heterocycles. The predicted molar refractivity (Wildman–Crippen MR) is 105 cm³/mol. The molecular weight excluding hydrogens is 393 g/mol. The lowest BCUT2D eigenvalue weighted by atomic mass is 9.96. The van der Waals surface area contributed by atoms with Crippen LogP contribution in [-0.2, 0) is 0 Å². The van der Waals surface area contributed by atoms with Crippen LogP contribution in [0.25, 0.3) is 16.2 Å². The molecule has 1 aromatic carbocycles. The first-order chi connectivity index (χ1) is 12.6. The number of benzene rings is 1. The summed E-state index contributed by atoms with van der Waals surface area (Å²) < 4.78 is 1.67. The largest absolute Gasteiger partial charge is 0.335 e. The van der Waals surface area contributed by atoms with Gasteiger partial charge in [0.2, 0.25) is 4.96 Å². The summed E-state index contributed by atoms with van der Waals surface area (Å²) in [6.45, 7) is 0. The van der Waals surface area contributed by atoms with Gasteiger partial charge in [-0.05, 0) is 31.0 Å². The molecule has 0 bridgehead atoms. The van der Waals surface area contributed by atoms with Gasteiger partial charge in [0.1, 0.15) is 0 Å². The van der Waals surface area contributed by atoms with Crippen molar-refractivity contribution < 1.29 is 4.79 Å². The quantitative estimate of drug-likeness (QED) is 0.622. The van der Waals surface area contributed by atoms with E-state index in [9.17, 15) is 4.79 Å². The fourth-order valence-corrected chi connectivity index (χ4v) is 4.39. The SMILES string of the molecule is O=C(Nc1nc2scc(-c3cc(Cl)ccc3Cl)n2n1)NC1CCCCC1. The minimum absolute atomic E-state index is 0.230. The third kappa shape index (κ3) is 3.65. The molecule has 1 saturated carbocycles. The van der Waals surface area contributed by atoms with Crippen molar-refractivity contribution in [1.82, 2.24) is 19.9 Å². The summed E-state index contributed by atoms with van der Waals surface area (Å²) in [6.07, 6.45) is 5.61. The Bertz CT molecular complexity index is 948. The molecule has 0 saturated heterocycles. The Labute approximate surface area is 164 Å². The Balaban J connectivity index is 1.54. The van der Waals surface area contributed by atoms with Crippen molar-refractivity contribution in [2.24, 2.45) is 0 Å². The van der Waals surface area contributed by atoms with E-state index in [-0.39, 0.29) is 18.0 Å². The average molecular weight is 410 g/mol. The normalized spacial score (nSPS) is 15.3. The lowest BCUT2D eigenvalue weighted by molar-refractivity contribution is 0.244. The van der Waals surface area contributed by atoms with Gasteiger partial charge >= 0.3 is 6.03 Å². The van der Waals surface area contributed by atoms with E-state index in [1.807, 2.05) is 5.38 Å². The molecule has 2 amide bonds. The lowest BCUT2D eigenvalue weighted by Crippen LogP contribution is -2.39. The van der Waals surface area contributed by atoms with Gasteiger partial charge in [-0.3, -0.25) is 5.32 Å². The van der Waals surface area contributed by atoms with Crippen molar-refractivity contribution in [3.05, 3.63) is 33.6 Å². The van der Waals surface area contributed by atoms with Crippen LogP contribution in [0.3, 0.4) is 0 Å². The molecule has 136 valence electrons. The van der Waals surface area contributed by atoms with Gasteiger partial charge in [0.25, 0.3) is 5.95 Å². The molecule has 6 nitrogen and oxygen atoms in total. The molecular formula is C17H17Cl2N5OS. The van der Waals surface area contributed by atoms with Crippen molar-refractivity contribution in [1.29, 1.82) is 0 Å². The van der Waals surface area contributed by atoms with Crippen LogP contribution in [0, 0.1) is 0 Å². The molecule has 0 atom stereocenters. The van der Waals surface area contributed by atoms with Crippen molar-refractivity contribution in [3.8, 4) is 11.3 Å². The molecule has 0 unspecified atom stereocenters. The molecule has 1 aliphatic carbocycles. The maximum absolute atomic E-state index is 12.2. The number of rotatable bonds is 3. The standard InChI is InChI=1S/C17H17Cl2N5OS/c18-10-6-7-13(19)12(8-10)14-9-26-17-22-15(23-24(14)17)21-16(25)20-11-4-2-1-3-5-11/h6-9,11H,1-5H2,(H2,20,21,23,25). The molecule has 2 aromatic heterocycles. The number of amides is 2. The zero-order valence-corrected chi connectivity index (χ0v) is 16.2. The molecule has 9 heteroatoms. The highest BCUT2D eigenvalue weighted by molar-refractivity contribution is 7.15. The van der Waals surface area contributed by atoms with Crippen molar-refractivity contribution in [3.63, 3.8) is 0 Å². The number of aromatic nitrogens is 3. The number of thiazole rings is 1. The fourth-order valence-electron chi connectivity index (χ4n) is 3.18. The zero-order valence-electron chi connectivity index (χ0n) is 13.8. The van der Waals surface area contributed by atoms with E-state index >= 15 is 0 Å². The van der Waals surface area contributed by atoms with Crippen LogP contribution in [0.1, 0.15) is 32.1 Å². The summed E-state index contributed by atoms with van der Waals surface area (Å²) in [5, 5.41) is 13.2. The number of carbonyl (C=O) groups is 1. The topological polar surface area (TPSA) is 71.3 Å². The fraction of sp³-hybridized carbons (Fsp3) is 0.353. The summed E-state index contributed by atoms with van der Waals surface area (Å²) in [7, 11) is 0. The van der Waals surface area contributed by atoms with Crippen LogP contribution in [0.5, 0.6) is 0 Å². The first-order valence-corrected chi connectivity index (χ1v) is 10.1. The van der Waals surface area contributed by atoms with Gasteiger partial charge in [-0.1, -0.05) is 42.5 Å². The van der Waals surface area contributed by atoms with Gasteiger partial charge in [0.15, 0.2) is 0 Å². The summed E-state index contributed by atoms with van der Waals surface area (Å²) >= 11 is 13.8. The summed E-state index contributed by atoms with van der Waals surface area (Å²) in [6, 6.07) is 5.23. The molecule has 2 heterocycles. The van der Waals surface area contributed by atoms with E-state index in [1.54, 1.807) is 22.7 Å². The number of urea groups is 1. The number of nitrogens with zero attached hydrogens (tertiary/aromatic N) is 3. The number of anilines is 1. The van der Waals surface area contributed by atoms with E-state index in [0.717, 1.165) is 36.9 Å². The maximum Gasteiger partial charge on any atom is 0.321 e. The molecule has 0 radical (unpaired) electrons. The van der Waals surface area contributed by atoms with Gasteiger partial charge in [0.05, 0.1) is 10.7 Å². The van der Waals surface area contributed by atoms with E-state index in [2.05, 4.69) is 20.7 Å². The molecule has 4 rings (SSSR count). The third-order valence-electron chi connectivity index (χ3n) is 4.45. The first-order valence-electron chi connectivity index (χ1n) is 8.47. The Morgan fingerprint density at radius 1 is 1.23 bits per heavy atom. The highest BCUT2D eigenvalue weighted by atomic mass is 35.5. The minimum atomic E-state index is -0.266. The summed E-state index contributed by atoms with van der Waals surface area (Å²) in [5.74, 6) is 0.268. The number of halogens is 2. The van der Waals surface area contributed by atoms with E-state index in [1.165, 1.54) is 17.8 Å². The maximum atomic E-state index is 12.2. The zero-order chi connectivity index (χ0) is 18.1. The highest BCUT2D eigenvalue weighted by Gasteiger charge is 2.18. The number of nitrogens with one attached hydrogen (secondary N) is 2. The van der Waals surface area contributed by atoms with Crippen LogP contribution in [0.4, 0.5) is 10.7 Å². The monoisotopic (exact) mass is 409 g/mol. The molecule has 3 aromatic rings. The molecule has 1 fully saturated rings. The van der Waals surface area contributed by atoms with Crippen LogP contribution in [0.2, 0.25) is 10.0 Å². The van der Waals surface area contributed by atoms with E-state index < -0.39 is 0 Å². The average Bonchev–Trinajstić information content (AvgIpc) is 3.18. The Kier molecular flexibility index (Phi) is 5.02. The third-order valence-corrected chi connectivity index (χ3v) is 5.83. The second kappa shape index (κ2) is 7.42. The molecule has 0 spiro atoms. The van der Waals surface area contributed by atoms with Gasteiger partial charge in [-0.2, -0.15) is 4.98 Å². The van der Waals surface area contributed by atoms with Crippen LogP contribution >= 0.6 is 34.5 Å². The number of hydrogen-bond donors (Lipinski definition) is 2. The van der Waals surface area contributed by atoms with Crippen molar-refractivity contribution in [2.75, 3.05) is 5.32 Å². The van der Waals surface area contributed by atoms with E-state index in [4.69, 9.17) is 23.2 Å². The first kappa shape index (κ1) is 17.6. The molecule has 2 N–H and O–H groups in total. The second-order valence-corrected chi connectivity index (χ2v) is 7.99. The molecule has 1 aliphatic rings. The van der Waals surface area contributed by atoms with Crippen molar-refractivity contribution >= 4 is 51.5 Å². The van der Waals surface area contributed by atoms with E-state index in [0.29, 0.717) is 15.0 Å². The molecule has 26 heavy (non-hydrogen) atoms. The highest BCUT2D eigenvalue weighted by Crippen LogP contribution is 2.33. The van der Waals surface area contributed by atoms with Gasteiger partial charge in [0, 0.05) is 22.0 Å². The summed E-state index contributed by atoms with van der Waals surface area (Å²) in [4.78, 5) is 17.2. The van der Waals surface area contributed by atoms with Crippen LogP contribution in [0.15, 0.2) is 23.6 Å². The summed E-state index contributed by atoms with van der Waals surface area (Å²) in [5.41, 5.74) is 1.55. The number of fused-ring (bicyclic) bond motifs is 1. The number of hydrogen-bond acceptors (Lipinski definition) is 4. The van der Waals surface area contributed by atoms with Gasteiger partial charge in [-0.15, -0.1) is 16.4 Å². The predicted octanol–water partition coefficient (Wildman–Crippen LogP) is 5.22. The minimum Gasteiger partial charge on any atom is -0.335 e. The Morgan fingerprint density at radius 3 is 2.85 bits per heavy atom. The number of carbonyl (C=O) groups excluding carboxylic acids is 1. The lowest BCUT2D eigenvalue weighted by Gasteiger charge is -2.22. The smallest absolute Gasteiger partial charge is 0.321 e. The Hall–Kier alpha value is -1.83. The van der Waals surface area contributed by atoms with Crippen LogP contribution < -0.4 is 10.6 Å².